The molecule has 0 saturated carbocycles. The number of aromatic nitrogens is 2. The van der Waals surface area contributed by atoms with E-state index in [0.29, 0.717) is 44.6 Å². The normalized spacial score (nSPS) is 11.4. The number of carbonyl (C=O) groups is 4. The largest absolute Gasteiger partial charge is 0.446 e. The number of benzene rings is 4. The summed E-state index contributed by atoms with van der Waals surface area (Å²) in [6.45, 7) is 17.5. The number of pyridine rings is 2. The number of aromatic amines is 2. The van der Waals surface area contributed by atoms with Crippen molar-refractivity contribution in [3.8, 4) is 0 Å². The summed E-state index contributed by atoms with van der Waals surface area (Å²) in [6, 6.07) is 24.8. The van der Waals surface area contributed by atoms with Crippen LogP contribution in [0.2, 0.25) is 0 Å². The topological polar surface area (TPSA) is 205 Å². The molecule has 0 aliphatic carbocycles. The number of aldehydes is 1. The molecule has 0 aliphatic rings. The number of hydrogen-bond acceptors (Lipinski definition) is 8. The summed E-state index contributed by atoms with van der Waals surface area (Å²) in [4.78, 5) is 78.0. The van der Waals surface area contributed by atoms with E-state index in [1.54, 1.807) is 81.4 Å². The summed E-state index contributed by atoms with van der Waals surface area (Å²) in [6.07, 6.45) is -3.43. The average molecular weight is 954 g/mol. The van der Waals surface area contributed by atoms with E-state index in [1.807, 2.05) is 45.0 Å². The standard InChI is InChI=1S/C25H29N3O4.C20H21N3O2.C2HF3O.CH2Cl2/c1-24(2,3)18-12-11-15(27-23(31)32-25(4,5)6)13-20(18)28-22(30)17-14-26-19-10-8-7-9-16(19)21(17)29;1-20(2,3)15-9-8-12(21)10-17(15)23-19(25)14-11-22-16-7-5-4-6-13(16)18(14)24;3-2(4,5)1-6;2-1-3/h7-14H,1-6H3,(H,26,29)(H,27,31)(H,28,30);4-11H,21H2,1-3H3,(H,22,24)(H,23,25);1H;1H2. The number of rotatable bonds is 5. The zero-order chi connectivity index (χ0) is 49.8. The van der Waals surface area contributed by atoms with Gasteiger partial charge in [0.2, 0.25) is 17.1 Å². The van der Waals surface area contributed by atoms with Crippen LogP contribution in [0.1, 0.15) is 94.2 Å². The molecule has 0 fully saturated rings. The Bertz CT molecular complexity index is 2810. The van der Waals surface area contributed by atoms with E-state index >= 15 is 0 Å². The highest BCUT2D eigenvalue weighted by Gasteiger charge is 2.26. The zero-order valence-corrected chi connectivity index (χ0v) is 39.4. The van der Waals surface area contributed by atoms with Gasteiger partial charge >= 0.3 is 12.3 Å². The molecular formula is C48H53Cl2F3N6O7. The molecule has 66 heavy (non-hydrogen) atoms. The fourth-order valence-corrected chi connectivity index (χ4v) is 6.17. The van der Waals surface area contributed by atoms with Gasteiger partial charge in [0, 0.05) is 56.9 Å². The third kappa shape index (κ3) is 15.8. The number of nitrogen functional groups attached to an aromatic ring is 1. The van der Waals surface area contributed by atoms with Crippen LogP contribution in [-0.2, 0) is 20.4 Å². The Morgan fingerprint density at radius 3 is 1.44 bits per heavy atom. The van der Waals surface area contributed by atoms with Crippen molar-refractivity contribution < 1.29 is 37.1 Å². The molecule has 7 N–H and O–H groups in total. The van der Waals surface area contributed by atoms with E-state index < -0.39 is 36.0 Å². The first-order chi connectivity index (χ1) is 30.6. The first-order valence-corrected chi connectivity index (χ1v) is 21.2. The van der Waals surface area contributed by atoms with Crippen molar-refractivity contribution in [3.63, 3.8) is 0 Å². The molecule has 6 rings (SSSR count). The number of H-pyrrole nitrogens is 2. The molecule has 0 unspecified atom stereocenters. The van der Waals surface area contributed by atoms with E-state index in [1.165, 1.54) is 12.4 Å². The number of carbonyl (C=O) groups excluding carboxylic acids is 4. The number of amides is 3. The van der Waals surface area contributed by atoms with Crippen LogP contribution in [0, 0.1) is 0 Å². The maximum absolute atomic E-state index is 13.0. The van der Waals surface area contributed by atoms with Gasteiger partial charge in [0.05, 0.1) is 5.34 Å². The molecule has 6 aromatic rings. The highest BCUT2D eigenvalue weighted by molar-refractivity contribution is 6.40. The monoisotopic (exact) mass is 952 g/mol. The molecule has 0 bridgehead atoms. The number of para-hydroxylation sites is 2. The molecule has 0 radical (unpaired) electrons. The van der Waals surface area contributed by atoms with E-state index in [0.717, 1.165) is 11.1 Å². The molecule has 0 atom stereocenters. The quantitative estimate of drug-likeness (QED) is 0.0556. The van der Waals surface area contributed by atoms with Gasteiger partial charge in [0.1, 0.15) is 16.7 Å². The SMILES string of the molecule is CC(C)(C)OC(=O)Nc1ccc(C(C)(C)C)c(NC(=O)c2c[nH]c3ccccc3c2=O)c1.CC(C)(C)c1ccc(N)cc1NC(=O)c1c[nH]c2ccccc2c1=O.ClCCl.O=CC(F)(F)F. The fourth-order valence-electron chi connectivity index (χ4n) is 6.17. The lowest BCUT2D eigenvalue weighted by atomic mass is 9.85. The van der Waals surface area contributed by atoms with Gasteiger partial charge in [0.25, 0.3) is 11.8 Å². The Morgan fingerprint density at radius 2 is 1.05 bits per heavy atom. The van der Waals surface area contributed by atoms with Gasteiger partial charge in [-0.1, -0.05) is 77.9 Å². The molecule has 18 heteroatoms. The highest BCUT2D eigenvalue weighted by atomic mass is 35.5. The maximum atomic E-state index is 13.0. The summed E-state index contributed by atoms with van der Waals surface area (Å²) in [7, 11) is 0. The molecule has 3 amide bonds. The van der Waals surface area contributed by atoms with Crippen molar-refractivity contribution in [2.24, 2.45) is 0 Å². The molecule has 0 spiro atoms. The lowest BCUT2D eigenvalue weighted by Crippen LogP contribution is -2.27. The second-order valence-electron chi connectivity index (χ2n) is 17.5. The first-order valence-electron chi connectivity index (χ1n) is 20.1. The van der Waals surface area contributed by atoms with Gasteiger partial charge in [-0.15, -0.1) is 23.2 Å². The van der Waals surface area contributed by atoms with Crippen LogP contribution in [0.3, 0.4) is 0 Å². The Morgan fingerprint density at radius 1 is 0.652 bits per heavy atom. The number of halogens is 5. The molecule has 0 aliphatic heterocycles. The van der Waals surface area contributed by atoms with Crippen LogP contribution in [-0.4, -0.2) is 51.3 Å². The van der Waals surface area contributed by atoms with Gasteiger partial charge in [-0.05, 0) is 91.3 Å². The number of nitrogens with two attached hydrogens (primary N) is 1. The van der Waals surface area contributed by atoms with Crippen molar-refractivity contribution in [1.29, 1.82) is 0 Å². The van der Waals surface area contributed by atoms with Gasteiger partial charge < -0.3 is 31.1 Å². The van der Waals surface area contributed by atoms with Crippen molar-refractivity contribution >= 4 is 92.0 Å². The first kappa shape index (κ1) is 53.7. The van der Waals surface area contributed by atoms with Crippen LogP contribution in [0.5, 0.6) is 0 Å². The van der Waals surface area contributed by atoms with Crippen LogP contribution < -0.4 is 32.5 Å². The summed E-state index contributed by atoms with van der Waals surface area (Å²) >= 11 is 9.53. The third-order valence-corrected chi connectivity index (χ3v) is 9.02. The van der Waals surface area contributed by atoms with Crippen LogP contribution in [0.25, 0.3) is 21.8 Å². The number of ether oxygens (including phenoxy) is 1. The maximum Gasteiger partial charge on any atom is 0.446 e. The van der Waals surface area contributed by atoms with Gasteiger partial charge in [0.15, 0.2) is 0 Å². The Hall–Kier alpha value is -6.65. The smallest absolute Gasteiger partial charge is 0.444 e. The second kappa shape index (κ2) is 22.5. The number of nitrogens with one attached hydrogen (secondary N) is 5. The molecule has 0 saturated heterocycles. The minimum Gasteiger partial charge on any atom is -0.444 e. The van der Waals surface area contributed by atoms with Gasteiger partial charge in [-0.2, -0.15) is 13.2 Å². The number of alkyl halides is 5. The lowest BCUT2D eigenvalue weighted by molar-refractivity contribution is -0.156. The summed E-state index contributed by atoms with van der Waals surface area (Å²) in [5, 5.41) is 9.50. The summed E-state index contributed by atoms with van der Waals surface area (Å²) < 4.78 is 36.6. The van der Waals surface area contributed by atoms with Crippen molar-refractivity contribution in [3.05, 3.63) is 140 Å². The Balaban J connectivity index is 0.000000302. The van der Waals surface area contributed by atoms with Crippen LogP contribution in [0.4, 0.5) is 40.7 Å². The molecule has 2 heterocycles. The van der Waals surface area contributed by atoms with Crippen molar-refractivity contribution in [1.82, 2.24) is 9.97 Å². The van der Waals surface area contributed by atoms with Gasteiger partial charge in [-0.3, -0.25) is 29.3 Å². The minimum atomic E-state index is -4.64. The van der Waals surface area contributed by atoms with Crippen LogP contribution >= 0.6 is 23.2 Å². The van der Waals surface area contributed by atoms with Crippen molar-refractivity contribution in [2.75, 3.05) is 27.0 Å². The predicted octanol–water partition coefficient (Wildman–Crippen LogP) is 11.3. The van der Waals surface area contributed by atoms with E-state index in [-0.39, 0.29) is 38.2 Å². The van der Waals surface area contributed by atoms with E-state index in [4.69, 9.17) is 38.5 Å². The number of hydrogen-bond donors (Lipinski definition) is 6. The minimum absolute atomic E-state index is 0.00839. The lowest BCUT2D eigenvalue weighted by Gasteiger charge is -2.24. The van der Waals surface area contributed by atoms with E-state index in [2.05, 4.69) is 46.7 Å². The molecular weight excluding hydrogens is 900 g/mol. The fraction of sp³-hybridized carbons (Fsp3) is 0.292. The molecule has 2 aromatic heterocycles. The molecule has 4 aromatic carbocycles. The average Bonchev–Trinajstić information content (AvgIpc) is 3.20. The summed E-state index contributed by atoms with van der Waals surface area (Å²) in [5.74, 6) is -0.986. The molecule has 352 valence electrons. The predicted molar refractivity (Wildman–Crippen MR) is 258 cm³/mol. The number of anilines is 4. The Kier molecular flexibility index (Phi) is 18.3. The highest BCUT2D eigenvalue weighted by Crippen LogP contribution is 2.33. The zero-order valence-electron chi connectivity index (χ0n) is 37.8. The number of fused-ring (bicyclic) bond motifs is 2. The third-order valence-electron chi connectivity index (χ3n) is 9.02. The van der Waals surface area contributed by atoms with E-state index in [9.17, 15) is 37.1 Å². The Labute approximate surface area is 389 Å². The van der Waals surface area contributed by atoms with Gasteiger partial charge in [-0.25, -0.2) is 4.79 Å². The van der Waals surface area contributed by atoms with Crippen LogP contribution in [0.15, 0.2) is 107 Å². The van der Waals surface area contributed by atoms with Crippen molar-refractivity contribution in [2.45, 2.75) is 84.9 Å². The molecule has 13 nitrogen and oxygen atoms in total. The summed E-state index contributed by atoms with van der Waals surface area (Å²) in [5.41, 5.74) is 9.51. The second-order valence-corrected chi connectivity index (χ2v) is 18.3.